The van der Waals surface area contributed by atoms with Crippen LogP contribution in [-0.4, -0.2) is 30.0 Å². The minimum atomic E-state index is -0.479. The Morgan fingerprint density at radius 1 is 1.00 bits per heavy atom. The second kappa shape index (κ2) is 10.2. The van der Waals surface area contributed by atoms with Gasteiger partial charge < -0.3 is 18.9 Å². The number of carbonyl (C=O) groups is 2. The second-order valence-corrected chi connectivity index (χ2v) is 7.86. The SMILES string of the molecule is O=C(CCC(=O)c1ccc2c(c1)OCCO2)OCc1csc(COc2ccc(F)cc2)n1. The minimum absolute atomic E-state index is 0.0180. The molecule has 0 bridgehead atoms. The molecule has 0 unspecified atom stereocenters. The van der Waals surface area contributed by atoms with Gasteiger partial charge in [0.15, 0.2) is 17.3 Å². The van der Waals surface area contributed by atoms with Gasteiger partial charge in [-0.2, -0.15) is 0 Å². The average Bonchev–Trinajstić information content (AvgIpc) is 3.28. The van der Waals surface area contributed by atoms with Crippen molar-refractivity contribution in [3.8, 4) is 17.2 Å². The number of aromatic nitrogens is 1. The zero-order valence-corrected chi connectivity index (χ0v) is 17.9. The topological polar surface area (TPSA) is 84.0 Å². The highest BCUT2D eigenvalue weighted by Gasteiger charge is 2.16. The summed E-state index contributed by atoms with van der Waals surface area (Å²) in [5, 5.41) is 2.48. The van der Waals surface area contributed by atoms with Gasteiger partial charge in [0.2, 0.25) is 0 Å². The van der Waals surface area contributed by atoms with Crippen LogP contribution in [0.2, 0.25) is 0 Å². The maximum absolute atomic E-state index is 12.9. The van der Waals surface area contributed by atoms with E-state index >= 15 is 0 Å². The Kier molecular flexibility index (Phi) is 6.96. The third kappa shape index (κ3) is 5.82. The van der Waals surface area contributed by atoms with Gasteiger partial charge in [0.05, 0.1) is 12.1 Å². The predicted octanol–water partition coefficient (Wildman–Crippen LogP) is 4.34. The number of carbonyl (C=O) groups excluding carboxylic acids is 2. The molecule has 0 radical (unpaired) electrons. The number of rotatable bonds is 9. The van der Waals surface area contributed by atoms with E-state index in [9.17, 15) is 14.0 Å². The first kappa shape index (κ1) is 21.8. The van der Waals surface area contributed by atoms with Crippen molar-refractivity contribution < 1.29 is 32.9 Å². The summed E-state index contributed by atoms with van der Waals surface area (Å²) in [5.41, 5.74) is 1.06. The lowest BCUT2D eigenvalue weighted by Gasteiger charge is -2.18. The van der Waals surface area contributed by atoms with E-state index in [1.807, 2.05) is 0 Å². The lowest BCUT2D eigenvalue weighted by molar-refractivity contribution is -0.145. The van der Waals surface area contributed by atoms with Gasteiger partial charge in [-0.1, -0.05) is 0 Å². The molecule has 3 aromatic rings. The number of ketones is 1. The predicted molar refractivity (Wildman–Crippen MR) is 114 cm³/mol. The molecule has 2 heterocycles. The van der Waals surface area contributed by atoms with Crippen molar-refractivity contribution in [3.05, 3.63) is 69.9 Å². The number of nitrogens with zero attached hydrogens (tertiary/aromatic N) is 1. The quantitative estimate of drug-likeness (QED) is 0.349. The van der Waals surface area contributed by atoms with Crippen molar-refractivity contribution in [3.63, 3.8) is 0 Å². The molecule has 4 rings (SSSR count). The second-order valence-electron chi connectivity index (χ2n) is 6.92. The number of esters is 1. The zero-order valence-electron chi connectivity index (χ0n) is 17.0. The molecule has 166 valence electrons. The van der Waals surface area contributed by atoms with Crippen LogP contribution in [0, 0.1) is 5.82 Å². The van der Waals surface area contributed by atoms with Crippen LogP contribution in [0.3, 0.4) is 0 Å². The van der Waals surface area contributed by atoms with E-state index in [0.717, 1.165) is 0 Å². The molecular weight excluding hydrogens is 437 g/mol. The number of Topliss-reactive ketones (excluding diaryl/α,β-unsaturated/α-hetero) is 1. The molecule has 9 heteroatoms. The van der Waals surface area contributed by atoms with Crippen molar-refractivity contribution in [2.45, 2.75) is 26.1 Å². The number of hydrogen-bond acceptors (Lipinski definition) is 8. The van der Waals surface area contributed by atoms with E-state index in [1.54, 1.807) is 23.6 Å². The number of halogens is 1. The molecule has 0 saturated heterocycles. The van der Waals surface area contributed by atoms with E-state index in [0.29, 0.717) is 46.7 Å². The number of ether oxygens (including phenoxy) is 4. The van der Waals surface area contributed by atoms with Crippen molar-refractivity contribution >= 4 is 23.1 Å². The Morgan fingerprint density at radius 3 is 2.59 bits per heavy atom. The number of thiazole rings is 1. The van der Waals surface area contributed by atoms with Crippen molar-refractivity contribution in [1.29, 1.82) is 0 Å². The summed E-state index contributed by atoms with van der Waals surface area (Å²) in [6.07, 6.45) is 0.00422. The van der Waals surface area contributed by atoms with Crippen molar-refractivity contribution in [2.24, 2.45) is 0 Å². The molecule has 0 aliphatic carbocycles. The smallest absolute Gasteiger partial charge is 0.306 e. The minimum Gasteiger partial charge on any atom is -0.486 e. The summed E-state index contributed by atoms with van der Waals surface area (Å²) in [5.74, 6) is 0.701. The highest BCUT2D eigenvalue weighted by atomic mass is 32.1. The first-order chi connectivity index (χ1) is 15.6. The van der Waals surface area contributed by atoms with Crippen LogP contribution in [0.15, 0.2) is 47.8 Å². The number of benzene rings is 2. The van der Waals surface area contributed by atoms with Crippen LogP contribution < -0.4 is 14.2 Å². The van der Waals surface area contributed by atoms with Gasteiger partial charge in [-0.05, 0) is 42.5 Å². The van der Waals surface area contributed by atoms with Gasteiger partial charge in [0.25, 0.3) is 0 Å². The lowest BCUT2D eigenvalue weighted by atomic mass is 10.1. The highest BCUT2D eigenvalue weighted by molar-refractivity contribution is 7.09. The van der Waals surface area contributed by atoms with Gasteiger partial charge in [-0.15, -0.1) is 11.3 Å². The van der Waals surface area contributed by atoms with E-state index in [-0.39, 0.29) is 37.7 Å². The maximum Gasteiger partial charge on any atom is 0.306 e. The Bertz CT molecular complexity index is 1100. The summed E-state index contributed by atoms with van der Waals surface area (Å²) in [6.45, 7) is 1.17. The van der Waals surface area contributed by atoms with Crippen molar-refractivity contribution in [1.82, 2.24) is 4.98 Å². The van der Waals surface area contributed by atoms with Crippen LogP contribution in [0.1, 0.15) is 33.9 Å². The van der Waals surface area contributed by atoms with Crippen LogP contribution in [0.4, 0.5) is 4.39 Å². The van der Waals surface area contributed by atoms with E-state index in [4.69, 9.17) is 18.9 Å². The van der Waals surface area contributed by atoms with Crippen LogP contribution >= 0.6 is 11.3 Å². The third-order valence-corrected chi connectivity index (χ3v) is 5.45. The van der Waals surface area contributed by atoms with Gasteiger partial charge >= 0.3 is 5.97 Å². The van der Waals surface area contributed by atoms with Gasteiger partial charge in [-0.3, -0.25) is 9.59 Å². The molecule has 1 aliphatic heterocycles. The Hall–Kier alpha value is -3.46. The van der Waals surface area contributed by atoms with Gasteiger partial charge in [0.1, 0.15) is 43.0 Å². The summed E-state index contributed by atoms with van der Waals surface area (Å²) in [6, 6.07) is 10.7. The molecule has 0 saturated carbocycles. The molecule has 0 fully saturated rings. The summed E-state index contributed by atoms with van der Waals surface area (Å²) in [4.78, 5) is 28.7. The lowest BCUT2D eigenvalue weighted by Crippen LogP contribution is -2.16. The van der Waals surface area contributed by atoms with Crippen molar-refractivity contribution in [2.75, 3.05) is 13.2 Å². The molecular formula is C23H20FNO6S. The third-order valence-electron chi connectivity index (χ3n) is 4.58. The molecule has 0 atom stereocenters. The molecule has 7 nitrogen and oxygen atoms in total. The van der Waals surface area contributed by atoms with Crippen LogP contribution in [-0.2, 0) is 22.7 Å². The maximum atomic E-state index is 12.9. The Morgan fingerprint density at radius 2 is 1.78 bits per heavy atom. The fourth-order valence-electron chi connectivity index (χ4n) is 2.96. The van der Waals surface area contributed by atoms with E-state index in [1.165, 1.54) is 35.6 Å². The molecule has 1 aliphatic rings. The fourth-order valence-corrected chi connectivity index (χ4v) is 3.65. The largest absolute Gasteiger partial charge is 0.486 e. The highest BCUT2D eigenvalue weighted by Crippen LogP contribution is 2.31. The molecule has 0 N–H and O–H groups in total. The molecule has 32 heavy (non-hydrogen) atoms. The first-order valence-electron chi connectivity index (χ1n) is 9.97. The zero-order chi connectivity index (χ0) is 22.3. The summed E-state index contributed by atoms with van der Waals surface area (Å²) < 4.78 is 34.6. The summed E-state index contributed by atoms with van der Waals surface area (Å²) >= 11 is 1.37. The molecule has 2 aromatic carbocycles. The normalized spacial score (nSPS) is 12.3. The molecule has 1 aromatic heterocycles. The Balaban J connectivity index is 1.19. The standard InChI is InChI=1S/C23H20FNO6S/c24-16-2-4-18(5-3-16)30-13-22-25-17(14-32-22)12-31-23(27)8-6-19(26)15-1-7-20-21(11-15)29-10-9-28-20/h1-5,7,11,14H,6,8-10,12-13H2. The Labute approximate surface area is 187 Å². The van der Waals surface area contributed by atoms with E-state index in [2.05, 4.69) is 4.98 Å². The molecule has 0 amide bonds. The number of fused-ring (bicyclic) bond motifs is 1. The fraction of sp³-hybridized carbons (Fsp3) is 0.261. The monoisotopic (exact) mass is 457 g/mol. The average molecular weight is 457 g/mol. The van der Waals surface area contributed by atoms with Crippen LogP contribution in [0.5, 0.6) is 17.2 Å². The van der Waals surface area contributed by atoms with Gasteiger partial charge in [-0.25, -0.2) is 9.37 Å². The molecule has 0 spiro atoms. The number of hydrogen-bond donors (Lipinski definition) is 0. The summed E-state index contributed by atoms with van der Waals surface area (Å²) in [7, 11) is 0. The van der Waals surface area contributed by atoms with E-state index < -0.39 is 5.97 Å². The first-order valence-corrected chi connectivity index (χ1v) is 10.8. The van der Waals surface area contributed by atoms with Gasteiger partial charge in [0, 0.05) is 17.4 Å². The van der Waals surface area contributed by atoms with Crippen LogP contribution in [0.25, 0.3) is 0 Å².